The highest BCUT2D eigenvalue weighted by Crippen LogP contribution is 2.28. The van der Waals surface area contributed by atoms with Crippen molar-refractivity contribution in [1.82, 2.24) is 4.98 Å². The monoisotopic (exact) mass is 375 g/mol. The van der Waals surface area contributed by atoms with Crippen LogP contribution < -0.4 is 10.2 Å². The van der Waals surface area contributed by atoms with Gasteiger partial charge in [0.05, 0.1) is 11.1 Å². The molecule has 1 saturated heterocycles. The molecule has 2 heterocycles. The lowest BCUT2D eigenvalue weighted by Gasteiger charge is -2.34. The molecule has 1 atom stereocenters. The normalized spacial score (nSPS) is 16.2. The number of anilines is 2. The molecule has 1 amide bonds. The van der Waals surface area contributed by atoms with Crippen LogP contribution in [0.2, 0.25) is 0 Å². The zero-order valence-corrected chi connectivity index (χ0v) is 17.0. The molecule has 3 aromatic rings. The minimum atomic E-state index is -0.0966. The zero-order chi connectivity index (χ0) is 19.9. The van der Waals surface area contributed by atoms with Gasteiger partial charge in [-0.2, -0.15) is 0 Å². The summed E-state index contributed by atoms with van der Waals surface area (Å²) in [7, 11) is 0. The Labute approximate surface area is 167 Å². The van der Waals surface area contributed by atoms with Crippen LogP contribution in [-0.2, 0) is 0 Å². The number of hydrogen-bond acceptors (Lipinski definition) is 3. The number of rotatable bonds is 3. The molecule has 4 nitrogen and oxygen atoms in total. The molecule has 0 spiro atoms. The van der Waals surface area contributed by atoms with Gasteiger partial charge in [-0.05, 0) is 50.5 Å². The third-order valence-electron chi connectivity index (χ3n) is 5.08. The molecule has 4 heteroatoms. The van der Waals surface area contributed by atoms with Gasteiger partial charge in [0.15, 0.2) is 0 Å². The van der Waals surface area contributed by atoms with Crippen molar-refractivity contribution in [2.75, 3.05) is 16.8 Å². The summed E-state index contributed by atoms with van der Waals surface area (Å²) in [5.74, 6) is 0.801. The van der Waals surface area contributed by atoms with E-state index in [-0.39, 0.29) is 5.91 Å². The fraction of sp³-hybridized carbons (Fsp3) is 0.333. The van der Waals surface area contributed by atoms with Gasteiger partial charge in [0.1, 0.15) is 5.82 Å². The van der Waals surface area contributed by atoms with Crippen LogP contribution in [0.15, 0.2) is 60.7 Å². The number of carbonyl (C=O) groups is 1. The lowest BCUT2D eigenvalue weighted by atomic mass is 10.0. The second kappa shape index (κ2) is 9.36. The Morgan fingerprint density at radius 2 is 1.75 bits per heavy atom. The maximum absolute atomic E-state index is 13.0. The van der Waals surface area contributed by atoms with Crippen LogP contribution in [0.3, 0.4) is 0 Å². The molecule has 1 aromatic heterocycles. The van der Waals surface area contributed by atoms with E-state index in [1.165, 1.54) is 19.3 Å². The molecule has 1 fully saturated rings. The van der Waals surface area contributed by atoms with Gasteiger partial charge in [-0.3, -0.25) is 4.79 Å². The SMILES string of the molecule is CC.CC1CCCCN1c1cc(C(=O)Nc2ccccc2)c2ccccc2n1. The average Bonchev–Trinajstić information content (AvgIpc) is 2.75. The topological polar surface area (TPSA) is 45.2 Å². The van der Waals surface area contributed by atoms with E-state index in [9.17, 15) is 4.79 Å². The van der Waals surface area contributed by atoms with Crippen LogP contribution in [0.5, 0.6) is 0 Å². The van der Waals surface area contributed by atoms with Crippen LogP contribution in [0.4, 0.5) is 11.5 Å². The average molecular weight is 376 g/mol. The number of aromatic nitrogens is 1. The largest absolute Gasteiger partial charge is 0.354 e. The lowest BCUT2D eigenvalue weighted by Crippen LogP contribution is -2.38. The van der Waals surface area contributed by atoms with E-state index in [0.717, 1.165) is 29.0 Å². The number of hydrogen-bond donors (Lipinski definition) is 1. The molecule has 2 aromatic carbocycles. The van der Waals surface area contributed by atoms with E-state index in [0.29, 0.717) is 11.6 Å². The Balaban J connectivity index is 0.00000109. The summed E-state index contributed by atoms with van der Waals surface area (Å²) in [6.07, 6.45) is 3.59. The second-order valence-corrected chi connectivity index (χ2v) is 6.90. The standard InChI is InChI=1S/C22H23N3O.C2H6/c1-16-9-7-8-14-25(16)21-15-19(18-12-5-6-13-20(18)24-21)22(26)23-17-10-3-2-4-11-17;1-2/h2-6,10-13,15-16H,7-9,14H2,1H3,(H,23,26);1-2H3. The molecule has 1 N–H and O–H groups in total. The fourth-order valence-electron chi connectivity index (χ4n) is 3.65. The minimum absolute atomic E-state index is 0.0966. The highest BCUT2D eigenvalue weighted by Gasteiger charge is 2.22. The molecular weight excluding hydrogens is 346 g/mol. The summed E-state index contributed by atoms with van der Waals surface area (Å²) in [5, 5.41) is 3.89. The van der Waals surface area contributed by atoms with Crippen molar-refractivity contribution in [3.63, 3.8) is 0 Å². The Morgan fingerprint density at radius 1 is 1.04 bits per heavy atom. The highest BCUT2D eigenvalue weighted by molar-refractivity contribution is 6.13. The second-order valence-electron chi connectivity index (χ2n) is 6.90. The van der Waals surface area contributed by atoms with Crippen molar-refractivity contribution in [2.45, 2.75) is 46.1 Å². The van der Waals surface area contributed by atoms with Crippen LogP contribution in [0.25, 0.3) is 10.9 Å². The molecule has 1 aliphatic rings. The Hall–Kier alpha value is -2.88. The molecule has 1 aliphatic heterocycles. The number of nitrogens with zero attached hydrogens (tertiary/aromatic N) is 2. The Bertz CT molecular complexity index is 924. The number of pyridine rings is 1. The highest BCUT2D eigenvalue weighted by atomic mass is 16.1. The Kier molecular flexibility index (Phi) is 6.64. The smallest absolute Gasteiger partial charge is 0.256 e. The van der Waals surface area contributed by atoms with Gasteiger partial charge in [-0.25, -0.2) is 4.98 Å². The van der Waals surface area contributed by atoms with E-state index >= 15 is 0 Å². The molecule has 28 heavy (non-hydrogen) atoms. The maximum atomic E-state index is 13.0. The molecule has 0 aliphatic carbocycles. The first-order chi connectivity index (χ1) is 13.7. The summed E-state index contributed by atoms with van der Waals surface area (Å²) in [6, 6.07) is 19.8. The molecule has 4 rings (SSSR count). The predicted molar refractivity (Wildman–Crippen MR) is 118 cm³/mol. The quantitative estimate of drug-likeness (QED) is 0.620. The van der Waals surface area contributed by atoms with E-state index < -0.39 is 0 Å². The van der Waals surface area contributed by atoms with Crippen LogP contribution in [-0.4, -0.2) is 23.5 Å². The van der Waals surface area contributed by atoms with Crippen molar-refractivity contribution >= 4 is 28.3 Å². The van der Waals surface area contributed by atoms with Crippen molar-refractivity contribution in [3.8, 4) is 0 Å². The number of carbonyl (C=O) groups excluding carboxylic acids is 1. The number of para-hydroxylation sites is 2. The third-order valence-corrected chi connectivity index (χ3v) is 5.08. The number of nitrogens with one attached hydrogen (secondary N) is 1. The van der Waals surface area contributed by atoms with E-state index in [4.69, 9.17) is 4.98 Å². The number of fused-ring (bicyclic) bond motifs is 1. The van der Waals surface area contributed by atoms with Gasteiger partial charge in [0, 0.05) is 23.7 Å². The first-order valence-corrected chi connectivity index (χ1v) is 10.3. The minimum Gasteiger partial charge on any atom is -0.354 e. The molecular formula is C24H29N3O. The van der Waals surface area contributed by atoms with Gasteiger partial charge in [0.25, 0.3) is 5.91 Å². The van der Waals surface area contributed by atoms with Crippen molar-refractivity contribution < 1.29 is 4.79 Å². The third kappa shape index (κ3) is 4.33. The van der Waals surface area contributed by atoms with E-state index in [1.807, 2.05) is 74.5 Å². The summed E-state index contributed by atoms with van der Waals surface area (Å²) in [6.45, 7) is 7.23. The van der Waals surface area contributed by atoms with Crippen molar-refractivity contribution in [2.24, 2.45) is 0 Å². The zero-order valence-electron chi connectivity index (χ0n) is 17.0. The summed E-state index contributed by atoms with van der Waals surface area (Å²) in [4.78, 5) is 20.2. The number of amides is 1. The summed E-state index contributed by atoms with van der Waals surface area (Å²) in [5.41, 5.74) is 2.33. The van der Waals surface area contributed by atoms with E-state index in [1.54, 1.807) is 0 Å². The van der Waals surface area contributed by atoms with Crippen LogP contribution in [0.1, 0.15) is 50.4 Å². The number of benzene rings is 2. The molecule has 146 valence electrons. The van der Waals surface area contributed by atoms with Gasteiger partial charge >= 0.3 is 0 Å². The summed E-state index contributed by atoms with van der Waals surface area (Å²) < 4.78 is 0. The van der Waals surface area contributed by atoms with Crippen molar-refractivity contribution in [1.29, 1.82) is 0 Å². The van der Waals surface area contributed by atoms with Gasteiger partial charge in [-0.15, -0.1) is 0 Å². The van der Waals surface area contributed by atoms with Crippen LogP contribution >= 0.6 is 0 Å². The van der Waals surface area contributed by atoms with Gasteiger partial charge < -0.3 is 10.2 Å². The van der Waals surface area contributed by atoms with Gasteiger partial charge in [-0.1, -0.05) is 50.2 Å². The molecule has 1 unspecified atom stereocenters. The first kappa shape index (κ1) is 19.9. The van der Waals surface area contributed by atoms with E-state index in [2.05, 4.69) is 17.1 Å². The van der Waals surface area contributed by atoms with Gasteiger partial charge in [0.2, 0.25) is 0 Å². The molecule has 0 radical (unpaired) electrons. The fourth-order valence-corrected chi connectivity index (χ4v) is 3.65. The first-order valence-electron chi connectivity index (χ1n) is 10.3. The summed E-state index contributed by atoms with van der Waals surface area (Å²) >= 11 is 0. The number of piperidine rings is 1. The lowest BCUT2D eigenvalue weighted by molar-refractivity contribution is 0.102. The molecule has 0 bridgehead atoms. The predicted octanol–water partition coefficient (Wildman–Crippen LogP) is 5.89. The van der Waals surface area contributed by atoms with Crippen molar-refractivity contribution in [3.05, 3.63) is 66.2 Å². The maximum Gasteiger partial charge on any atom is 0.256 e. The Morgan fingerprint density at radius 3 is 2.50 bits per heavy atom. The molecule has 0 saturated carbocycles. The van der Waals surface area contributed by atoms with Crippen LogP contribution in [0, 0.1) is 0 Å².